The fraction of sp³-hybridized carbons (Fsp3) is 0.209. The maximum atomic E-state index is 13.3. The summed E-state index contributed by atoms with van der Waals surface area (Å²) in [6.07, 6.45) is 6.49. The van der Waals surface area contributed by atoms with Crippen molar-refractivity contribution in [2.75, 3.05) is 52.0 Å². The molecule has 17 nitrogen and oxygen atoms in total. The fourth-order valence-electron chi connectivity index (χ4n) is 7.11. The molecule has 0 bridgehead atoms. The largest absolute Gasteiger partial charge is 0.495 e. The van der Waals surface area contributed by atoms with Gasteiger partial charge < -0.3 is 45.0 Å². The number of carbonyl (C=O) groups excluding carboxylic acids is 1. The molecule has 0 unspecified atom stereocenters. The van der Waals surface area contributed by atoms with Crippen LogP contribution in [0.4, 0.5) is 23.0 Å². The van der Waals surface area contributed by atoms with Gasteiger partial charge in [-0.2, -0.15) is 0 Å². The Bertz CT molecular complexity index is 2900. The van der Waals surface area contributed by atoms with Crippen molar-refractivity contribution < 1.29 is 24.2 Å². The zero-order valence-corrected chi connectivity index (χ0v) is 37.1. The first-order valence-electron chi connectivity index (χ1n) is 19.2. The summed E-state index contributed by atoms with van der Waals surface area (Å²) < 4.78 is 12.1. The number of carboxylic acid groups (broad SMARTS) is 1. The topological polar surface area (TPSA) is 211 Å². The Kier molecular flexibility index (Phi) is 12.3. The standard InChI is InChI=1S/C27H28BrN7O2.C16H12BrN5O3/c1-34(15-17-7-5-4-6-8-17)9-10-35(2)27(36)24-23(28)22-25(30-16-31-26(22)33-24)32-20-11-18-13-29-14-19(18)12-21(20)37-3;1-25-10-3-8-5-18-4-7(8)2-9(10)21-14-11-12(17)13(16(23)24)22-15(11)20-6-19-14/h4-8,11-13,16H,9-10,14-15H2,1-3H3,(H2,30,31,32,33);2-4,6H,5H2,1H3,(H,23,24)(H2,19,20,21,22). The van der Waals surface area contributed by atoms with Gasteiger partial charge in [-0.3, -0.25) is 14.8 Å². The highest BCUT2D eigenvalue weighted by molar-refractivity contribution is 9.11. The number of hydrogen-bond donors (Lipinski definition) is 5. The summed E-state index contributed by atoms with van der Waals surface area (Å²) in [5.74, 6) is 1.16. The lowest BCUT2D eigenvalue weighted by molar-refractivity contribution is 0.0689. The minimum atomic E-state index is -1.08. The predicted molar refractivity (Wildman–Crippen MR) is 245 cm³/mol. The van der Waals surface area contributed by atoms with Crippen LogP contribution in [0.2, 0.25) is 0 Å². The van der Waals surface area contributed by atoms with Gasteiger partial charge in [0.1, 0.15) is 58.5 Å². The number of benzene rings is 3. The van der Waals surface area contributed by atoms with Crippen LogP contribution in [0.5, 0.6) is 11.5 Å². The number of methoxy groups -OCH3 is 2. The summed E-state index contributed by atoms with van der Waals surface area (Å²) in [5.41, 5.74) is 8.38. The van der Waals surface area contributed by atoms with Gasteiger partial charge in [-0.15, -0.1) is 0 Å². The number of likely N-dealkylation sites (N-methyl/N-ethyl adjacent to an activating group) is 2. The smallest absolute Gasteiger partial charge is 0.353 e. The quantitative estimate of drug-likeness (QED) is 0.0753. The molecule has 9 rings (SSSR count). The van der Waals surface area contributed by atoms with Crippen LogP contribution in [0, 0.1) is 0 Å². The monoisotopic (exact) mass is 962 g/mol. The van der Waals surface area contributed by atoms with Crippen molar-refractivity contribution in [3.05, 3.63) is 115 Å². The second kappa shape index (κ2) is 18.1. The average molecular weight is 965 g/mol. The molecule has 0 aliphatic carbocycles. The number of aromatic carboxylic acids is 1. The van der Waals surface area contributed by atoms with Crippen LogP contribution in [-0.2, 0) is 19.6 Å². The lowest BCUT2D eigenvalue weighted by Gasteiger charge is -2.22. The molecule has 7 aromatic rings. The lowest BCUT2D eigenvalue weighted by atomic mass is 10.1. The van der Waals surface area contributed by atoms with E-state index >= 15 is 0 Å². The summed E-state index contributed by atoms with van der Waals surface area (Å²) in [6, 6.07) is 18.1. The molecule has 5 N–H and O–H groups in total. The van der Waals surface area contributed by atoms with Crippen molar-refractivity contribution in [1.29, 1.82) is 0 Å². The maximum Gasteiger partial charge on any atom is 0.353 e. The van der Waals surface area contributed by atoms with Gasteiger partial charge in [0, 0.05) is 39.1 Å². The first-order chi connectivity index (χ1) is 30.0. The summed E-state index contributed by atoms with van der Waals surface area (Å²) in [6.45, 7) is 3.42. The Labute approximate surface area is 372 Å². The third kappa shape index (κ3) is 8.59. The molecule has 0 fully saturated rings. The minimum absolute atomic E-state index is 0.0200. The number of amides is 1. The lowest BCUT2D eigenvalue weighted by Crippen LogP contribution is -2.34. The molecular weight excluding hydrogens is 924 g/mol. The first kappa shape index (κ1) is 42.0. The summed E-state index contributed by atoms with van der Waals surface area (Å²) in [4.78, 5) is 60.3. The molecule has 1 amide bonds. The van der Waals surface area contributed by atoms with Gasteiger partial charge in [0.2, 0.25) is 0 Å². The third-order valence-electron chi connectivity index (χ3n) is 10.4. The van der Waals surface area contributed by atoms with E-state index < -0.39 is 5.97 Å². The number of carbonyl (C=O) groups is 2. The van der Waals surface area contributed by atoms with Gasteiger partial charge >= 0.3 is 5.97 Å². The van der Waals surface area contributed by atoms with Crippen LogP contribution in [0.3, 0.4) is 0 Å². The molecule has 0 saturated heterocycles. The van der Waals surface area contributed by atoms with Crippen LogP contribution >= 0.6 is 31.9 Å². The number of aromatic amines is 2. The molecule has 62 heavy (non-hydrogen) atoms. The number of anilines is 4. The summed E-state index contributed by atoms with van der Waals surface area (Å²) in [5, 5.41) is 17.1. The first-order valence-corrected chi connectivity index (χ1v) is 20.8. The average Bonchev–Trinajstić information content (AvgIpc) is 4.08. The van der Waals surface area contributed by atoms with Crippen molar-refractivity contribution in [2.45, 2.75) is 19.6 Å². The molecule has 2 aliphatic rings. The molecule has 0 radical (unpaired) electrons. The summed E-state index contributed by atoms with van der Waals surface area (Å²) >= 11 is 6.95. The van der Waals surface area contributed by atoms with Crippen molar-refractivity contribution in [3.8, 4) is 11.5 Å². The number of ether oxygens (including phenoxy) is 2. The third-order valence-corrected chi connectivity index (χ3v) is 11.9. The van der Waals surface area contributed by atoms with Crippen LogP contribution in [0.1, 0.15) is 48.8 Å². The number of hydrogen-bond acceptors (Lipinski definition) is 13. The predicted octanol–water partition coefficient (Wildman–Crippen LogP) is 7.71. The number of nitrogens with one attached hydrogen (secondary N) is 4. The van der Waals surface area contributed by atoms with E-state index in [1.165, 1.54) is 18.2 Å². The second-order valence-electron chi connectivity index (χ2n) is 14.5. The Morgan fingerprint density at radius 2 is 1.26 bits per heavy atom. The van der Waals surface area contributed by atoms with E-state index in [0.717, 1.165) is 41.0 Å². The highest BCUT2D eigenvalue weighted by atomic mass is 79.9. The Balaban J connectivity index is 0.000000184. The van der Waals surface area contributed by atoms with Crippen molar-refractivity contribution in [2.24, 2.45) is 9.98 Å². The minimum Gasteiger partial charge on any atom is -0.495 e. The number of rotatable bonds is 13. The van der Waals surface area contributed by atoms with Gasteiger partial charge in [-0.25, -0.2) is 24.7 Å². The molecule has 4 aromatic heterocycles. The molecule has 19 heteroatoms. The highest BCUT2D eigenvalue weighted by Crippen LogP contribution is 2.39. The van der Waals surface area contributed by atoms with E-state index in [0.29, 0.717) is 85.2 Å². The second-order valence-corrected chi connectivity index (χ2v) is 16.1. The molecule has 316 valence electrons. The number of halogens is 2. The van der Waals surface area contributed by atoms with Gasteiger partial charge in [0.15, 0.2) is 0 Å². The van der Waals surface area contributed by atoms with Crippen LogP contribution in [0.25, 0.3) is 22.1 Å². The van der Waals surface area contributed by atoms with Gasteiger partial charge in [-0.05, 0) is 91.0 Å². The van der Waals surface area contributed by atoms with E-state index in [9.17, 15) is 14.7 Å². The normalized spacial score (nSPS) is 12.3. The van der Waals surface area contributed by atoms with E-state index in [4.69, 9.17) is 9.47 Å². The van der Waals surface area contributed by atoms with Crippen LogP contribution in [-0.4, -0.2) is 111 Å². The fourth-order valence-corrected chi connectivity index (χ4v) is 8.40. The van der Waals surface area contributed by atoms with E-state index in [1.54, 1.807) is 26.2 Å². The highest BCUT2D eigenvalue weighted by Gasteiger charge is 2.24. The Hall–Kier alpha value is -6.70. The zero-order valence-electron chi connectivity index (χ0n) is 34.0. The molecule has 0 saturated carbocycles. The molecule has 6 heterocycles. The number of carboxylic acids is 1. The SMILES string of the molecule is COc1cc2c(cc1Nc1ncnc3[nH]c(C(=O)N(C)CCN(C)Cc4ccccc4)c(Br)c13)C=NC2.COc1cc2c(cc1Nc1ncnc3[nH]c(C(=O)O)c(Br)c13)C=NC2. The Morgan fingerprint density at radius 1 is 0.742 bits per heavy atom. The molecular formula is C43H40Br2N12O5. The zero-order chi connectivity index (χ0) is 43.5. The number of H-pyrrole nitrogens is 2. The molecule has 3 aromatic carbocycles. The van der Waals surface area contributed by atoms with Crippen molar-refractivity contribution in [1.82, 2.24) is 39.7 Å². The number of fused-ring (bicyclic) bond motifs is 4. The van der Waals surface area contributed by atoms with Gasteiger partial charge in [0.25, 0.3) is 5.91 Å². The van der Waals surface area contributed by atoms with E-state index in [-0.39, 0.29) is 11.6 Å². The Morgan fingerprint density at radius 3 is 1.77 bits per heavy atom. The number of aromatic nitrogens is 6. The summed E-state index contributed by atoms with van der Waals surface area (Å²) in [7, 11) is 7.08. The van der Waals surface area contributed by atoms with Gasteiger partial charge in [0.05, 0.1) is 58.4 Å². The van der Waals surface area contributed by atoms with Crippen LogP contribution < -0.4 is 20.1 Å². The van der Waals surface area contributed by atoms with E-state index in [1.807, 2.05) is 54.9 Å². The molecule has 0 spiro atoms. The number of aliphatic imine (C=N–C) groups is 2. The van der Waals surface area contributed by atoms with Crippen molar-refractivity contribution >= 4 is 101 Å². The van der Waals surface area contributed by atoms with E-state index in [2.05, 4.69) is 106 Å². The number of nitrogens with zero attached hydrogens (tertiary/aromatic N) is 8. The molecule has 0 atom stereocenters. The maximum absolute atomic E-state index is 13.3. The van der Waals surface area contributed by atoms with Gasteiger partial charge in [-0.1, -0.05) is 30.3 Å². The van der Waals surface area contributed by atoms with Crippen molar-refractivity contribution in [3.63, 3.8) is 0 Å². The molecule has 2 aliphatic heterocycles. The van der Waals surface area contributed by atoms with Crippen LogP contribution in [0.15, 0.2) is 86.2 Å².